The van der Waals surface area contributed by atoms with Gasteiger partial charge in [-0.15, -0.1) is 11.6 Å². The zero-order valence-electron chi connectivity index (χ0n) is 8.46. The number of aromatic nitrogens is 2. The van der Waals surface area contributed by atoms with Crippen LogP contribution in [-0.4, -0.2) is 22.4 Å². The lowest BCUT2D eigenvalue weighted by Gasteiger charge is -2.04. The van der Waals surface area contributed by atoms with Crippen LogP contribution in [0.4, 0.5) is 5.82 Å². The summed E-state index contributed by atoms with van der Waals surface area (Å²) in [5, 5.41) is 3.25. The molecule has 0 aliphatic rings. The molecule has 3 nitrogen and oxygen atoms in total. The summed E-state index contributed by atoms with van der Waals surface area (Å²) >= 11 is 5.58. The Morgan fingerprint density at radius 3 is 2.93 bits per heavy atom. The highest BCUT2D eigenvalue weighted by Gasteiger charge is 1.93. The molecule has 0 aliphatic carbocycles. The minimum atomic E-state index is 0.757. The number of hydrogen-bond donors (Lipinski definition) is 1. The minimum absolute atomic E-state index is 0.757. The molecule has 0 atom stereocenters. The lowest BCUT2D eigenvalue weighted by molar-refractivity contribution is 0.745. The van der Waals surface area contributed by atoms with Crippen molar-refractivity contribution in [1.29, 1.82) is 0 Å². The molecule has 0 radical (unpaired) electrons. The van der Waals surface area contributed by atoms with Crippen LogP contribution < -0.4 is 5.32 Å². The number of halogens is 1. The van der Waals surface area contributed by atoms with E-state index < -0.39 is 0 Å². The van der Waals surface area contributed by atoms with E-state index in [1.165, 1.54) is 6.42 Å². The van der Waals surface area contributed by atoms with Crippen LogP contribution in [0.5, 0.6) is 0 Å². The van der Waals surface area contributed by atoms with Gasteiger partial charge in [-0.2, -0.15) is 0 Å². The van der Waals surface area contributed by atoms with E-state index in [1.807, 2.05) is 13.0 Å². The van der Waals surface area contributed by atoms with Crippen LogP contribution in [-0.2, 0) is 0 Å². The number of nitrogens with one attached hydrogen (secondary N) is 1. The van der Waals surface area contributed by atoms with Gasteiger partial charge in [0.05, 0.1) is 0 Å². The van der Waals surface area contributed by atoms with Gasteiger partial charge in [0.15, 0.2) is 0 Å². The number of aryl methyl sites for hydroxylation is 1. The summed E-state index contributed by atoms with van der Waals surface area (Å²) in [6.07, 6.45) is 5.16. The molecule has 0 bridgehead atoms. The van der Waals surface area contributed by atoms with Gasteiger partial charge < -0.3 is 5.32 Å². The molecular weight excluding hydrogens is 198 g/mol. The van der Waals surface area contributed by atoms with Gasteiger partial charge in [0.25, 0.3) is 0 Å². The molecule has 0 unspecified atom stereocenters. The summed E-state index contributed by atoms with van der Waals surface area (Å²) in [5.74, 6) is 2.46. The first-order valence-electron chi connectivity index (χ1n) is 4.92. The summed E-state index contributed by atoms with van der Waals surface area (Å²) in [7, 11) is 0. The first kappa shape index (κ1) is 11.2. The van der Waals surface area contributed by atoms with E-state index in [0.717, 1.165) is 36.9 Å². The van der Waals surface area contributed by atoms with Crippen LogP contribution in [0, 0.1) is 6.92 Å². The van der Waals surface area contributed by atoms with Crippen molar-refractivity contribution in [3.63, 3.8) is 0 Å². The Labute approximate surface area is 89.9 Å². The first-order valence-corrected chi connectivity index (χ1v) is 5.46. The van der Waals surface area contributed by atoms with E-state index in [4.69, 9.17) is 11.6 Å². The van der Waals surface area contributed by atoms with E-state index in [1.54, 1.807) is 6.20 Å². The fourth-order valence-electron chi connectivity index (χ4n) is 1.17. The summed E-state index contributed by atoms with van der Waals surface area (Å²) < 4.78 is 0. The number of hydrogen-bond acceptors (Lipinski definition) is 3. The Morgan fingerprint density at radius 1 is 1.36 bits per heavy atom. The van der Waals surface area contributed by atoms with E-state index in [9.17, 15) is 0 Å². The minimum Gasteiger partial charge on any atom is -0.370 e. The van der Waals surface area contributed by atoms with Crippen molar-refractivity contribution in [2.75, 3.05) is 17.7 Å². The quantitative estimate of drug-likeness (QED) is 0.583. The van der Waals surface area contributed by atoms with E-state index in [2.05, 4.69) is 15.3 Å². The first-order chi connectivity index (χ1) is 6.83. The summed E-state index contributed by atoms with van der Waals surface area (Å²) in [4.78, 5) is 8.27. The molecule has 1 aromatic rings. The molecule has 0 fully saturated rings. The monoisotopic (exact) mass is 213 g/mol. The van der Waals surface area contributed by atoms with Gasteiger partial charge in [0, 0.05) is 18.6 Å². The van der Waals surface area contributed by atoms with E-state index in [-0.39, 0.29) is 0 Å². The van der Waals surface area contributed by atoms with Crippen molar-refractivity contribution >= 4 is 17.4 Å². The summed E-state index contributed by atoms with van der Waals surface area (Å²) in [6.45, 7) is 2.84. The highest BCUT2D eigenvalue weighted by molar-refractivity contribution is 6.17. The Morgan fingerprint density at radius 2 is 2.21 bits per heavy atom. The van der Waals surface area contributed by atoms with Crippen LogP contribution in [0.2, 0.25) is 0 Å². The molecule has 0 spiro atoms. The van der Waals surface area contributed by atoms with Gasteiger partial charge in [-0.05, 0) is 25.8 Å². The third-order valence-electron chi connectivity index (χ3n) is 1.89. The molecule has 1 aromatic heterocycles. The molecule has 0 amide bonds. The average molecular weight is 214 g/mol. The van der Waals surface area contributed by atoms with Crippen molar-refractivity contribution in [3.05, 3.63) is 18.1 Å². The molecule has 0 saturated heterocycles. The van der Waals surface area contributed by atoms with E-state index in [0.29, 0.717) is 0 Å². The Hall–Kier alpha value is -0.830. The predicted molar refractivity (Wildman–Crippen MR) is 59.8 cm³/mol. The van der Waals surface area contributed by atoms with Crippen molar-refractivity contribution in [3.8, 4) is 0 Å². The zero-order chi connectivity index (χ0) is 10.2. The number of rotatable bonds is 6. The fourth-order valence-corrected chi connectivity index (χ4v) is 1.36. The van der Waals surface area contributed by atoms with Crippen molar-refractivity contribution in [2.24, 2.45) is 0 Å². The van der Waals surface area contributed by atoms with Crippen LogP contribution in [0.25, 0.3) is 0 Å². The van der Waals surface area contributed by atoms with E-state index >= 15 is 0 Å². The maximum absolute atomic E-state index is 5.58. The van der Waals surface area contributed by atoms with Gasteiger partial charge >= 0.3 is 0 Å². The third kappa shape index (κ3) is 4.42. The van der Waals surface area contributed by atoms with Crippen molar-refractivity contribution in [2.45, 2.75) is 26.2 Å². The lowest BCUT2D eigenvalue weighted by atomic mass is 10.2. The zero-order valence-corrected chi connectivity index (χ0v) is 9.22. The Balaban J connectivity index is 2.18. The fraction of sp³-hybridized carbons (Fsp3) is 0.600. The number of alkyl halides is 1. The van der Waals surface area contributed by atoms with Gasteiger partial charge in [-0.25, -0.2) is 9.97 Å². The Kier molecular flexibility index (Phi) is 5.30. The smallest absolute Gasteiger partial charge is 0.129 e. The van der Waals surface area contributed by atoms with Crippen LogP contribution in [0.15, 0.2) is 12.3 Å². The lowest BCUT2D eigenvalue weighted by Crippen LogP contribution is -2.04. The van der Waals surface area contributed by atoms with Crippen molar-refractivity contribution in [1.82, 2.24) is 9.97 Å². The third-order valence-corrected chi connectivity index (χ3v) is 2.16. The van der Waals surface area contributed by atoms with Gasteiger partial charge in [-0.3, -0.25) is 0 Å². The molecule has 0 aliphatic heterocycles. The van der Waals surface area contributed by atoms with Crippen LogP contribution >= 0.6 is 11.6 Å². The normalized spacial score (nSPS) is 10.1. The van der Waals surface area contributed by atoms with Gasteiger partial charge in [0.2, 0.25) is 0 Å². The molecule has 0 saturated carbocycles. The number of anilines is 1. The maximum atomic E-state index is 5.58. The van der Waals surface area contributed by atoms with Gasteiger partial charge in [0.1, 0.15) is 11.6 Å². The second-order valence-electron chi connectivity index (χ2n) is 3.17. The SMILES string of the molecule is Cc1nccc(NCCCCCCl)n1. The highest BCUT2D eigenvalue weighted by atomic mass is 35.5. The standard InChI is InChI=1S/C10H16ClN3/c1-9-12-8-5-10(14-9)13-7-4-2-3-6-11/h5,8H,2-4,6-7H2,1H3,(H,12,13,14). The number of nitrogens with zero attached hydrogens (tertiary/aromatic N) is 2. The molecule has 1 heterocycles. The molecular formula is C10H16ClN3. The molecule has 14 heavy (non-hydrogen) atoms. The average Bonchev–Trinajstić information content (AvgIpc) is 2.18. The maximum Gasteiger partial charge on any atom is 0.129 e. The summed E-state index contributed by atoms with van der Waals surface area (Å²) in [5.41, 5.74) is 0. The number of unbranched alkanes of at least 4 members (excludes halogenated alkanes) is 2. The second-order valence-corrected chi connectivity index (χ2v) is 3.54. The molecule has 4 heteroatoms. The Bertz CT molecular complexity index is 265. The van der Waals surface area contributed by atoms with Crippen LogP contribution in [0.1, 0.15) is 25.1 Å². The molecule has 0 aromatic carbocycles. The molecule has 78 valence electrons. The largest absolute Gasteiger partial charge is 0.370 e. The van der Waals surface area contributed by atoms with Crippen LogP contribution in [0.3, 0.4) is 0 Å². The van der Waals surface area contributed by atoms with Gasteiger partial charge in [-0.1, -0.05) is 6.42 Å². The topological polar surface area (TPSA) is 37.8 Å². The summed E-state index contributed by atoms with van der Waals surface area (Å²) in [6, 6.07) is 1.88. The van der Waals surface area contributed by atoms with Crippen molar-refractivity contribution < 1.29 is 0 Å². The highest BCUT2D eigenvalue weighted by Crippen LogP contribution is 2.02. The molecule has 1 rings (SSSR count). The second kappa shape index (κ2) is 6.60. The molecule has 1 N–H and O–H groups in total. The predicted octanol–water partition coefficient (Wildman–Crippen LogP) is 2.61.